The molecular weight excluding hydrogens is 238 g/mol. The van der Waals surface area contributed by atoms with Crippen molar-refractivity contribution < 1.29 is 9.21 Å². The molecule has 0 spiro atoms. The van der Waals surface area contributed by atoms with E-state index in [1.165, 1.54) is 11.8 Å². The number of amides is 1. The summed E-state index contributed by atoms with van der Waals surface area (Å²) in [7, 11) is 0. The minimum Gasteiger partial charge on any atom is -0.459 e. The number of benzene rings is 1. The van der Waals surface area contributed by atoms with E-state index in [1.807, 2.05) is 6.92 Å². The fourth-order valence-corrected chi connectivity index (χ4v) is 2.05. The number of carbonyl (C=O) groups excluding carboxylic acids is 1. The zero-order chi connectivity index (χ0) is 13.8. The van der Waals surface area contributed by atoms with Gasteiger partial charge in [-0.15, -0.1) is 0 Å². The lowest BCUT2D eigenvalue weighted by atomic mass is 10.0. The summed E-state index contributed by atoms with van der Waals surface area (Å²) >= 11 is 0. The van der Waals surface area contributed by atoms with Crippen molar-refractivity contribution in [2.45, 2.75) is 33.2 Å². The van der Waals surface area contributed by atoms with Crippen LogP contribution in [0.4, 0.5) is 0 Å². The second-order valence-corrected chi connectivity index (χ2v) is 4.78. The molecule has 3 heteroatoms. The van der Waals surface area contributed by atoms with Gasteiger partial charge < -0.3 is 9.73 Å². The van der Waals surface area contributed by atoms with Gasteiger partial charge in [-0.3, -0.25) is 4.79 Å². The summed E-state index contributed by atoms with van der Waals surface area (Å²) in [6.07, 6.45) is 2.38. The van der Waals surface area contributed by atoms with Crippen LogP contribution in [0.1, 0.15) is 46.6 Å². The monoisotopic (exact) mass is 257 g/mol. The highest BCUT2D eigenvalue weighted by Crippen LogP contribution is 2.18. The molecule has 0 saturated heterocycles. The lowest BCUT2D eigenvalue weighted by Crippen LogP contribution is -2.28. The third-order valence-corrected chi connectivity index (χ3v) is 3.26. The SMILES string of the molecule is CCC(NC(=O)c1occc1C)c1ccc(C)cc1. The third-order valence-electron chi connectivity index (χ3n) is 3.26. The van der Waals surface area contributed by atoms with Crippen molar-refractivity contribution in [2.75, 3.05) is 0 Å². The number of aryl methyl sites for hydroxylation is 2. The molecule has 0 fully saturated rings. The molecule has 0 radical (unpaired) electrons. The molecule has 19 heavy (non-hydrogen) atoms. The molecule has 100 valence electrons. The number of hydrogen-bond donors (Lipinski definition) is 1. The Labute approximate surface area is 113 Å². The van der Waals surface area contributed by atoms with Gasteiger partial charge in [0.2, 0.25) is 0 Å². The lowest BCUT2D eigenvalue weighted by Gasteiger charge is -2.17. The van der Waals surface area contributed by atoms with E-state index in [0.717, 1.165) is 17.5 Å². The molecule has 0 aliphatic rings. The molecule has 1 unspecified atom stereocenters. The van der Waals surface area contributed by atoms with Crippen LogP contribution in [-0.4, -0.2) is 5.91 Å². The number of hydrogen-bond acceptors (Lipinski definition) is 2. The fourth-order valence-electron chi connectivity index (χ4n) is 2.05. The molecule has 1 aromatic heterocycles. The van der Waals surface area contributed by atoms with E-state index >= 15 is 0 Å². The third kappa shape index (κ3) is 3.05. The van der Waals surface area contributed by atoms with Crippen LogP contribution in [0.25, 0.3) is 0 Å². The van der Waals surface area contributed by atoms with E-state index in [9.17, 15) is 4.79 Å². The Morgan fingerprint density at radius 1 is 1.21 bits per heavy atom. The van der Waals surface area contributed by atoms with Gasteiger partial charge in [0.15, 0.2) is 5.76 Å². The molecule has 2 aromatic rings. The minimum absolute atomic E-state index is 0.0117. The average Bonchev–Trinajstić information content (AvgIpc) is 2.83. The summed E-state index contributed by atoms with van der Waals surface area (Å²) in [6.45, 7) is 5.97. The van der Waals surface area contributed by atoms with Crippen LogP contribution in [-0.2, 0) is 0 Å². The Morgan fingerprint density at radius 3 is 2.42 bits per heavy atom. The van der Waals surface area contributed by atoms with E-state index in [1.54, 1.807) is 6.07 Å². The molecule has 1 heterocycles. The van der Waals surface area contributed by atoms with Gasteiger partial charge in [0.1, 0.15) is 0 Å². The number of nitrogens with one attached hydrogen (secondary N) is 1. The lowest BCUT2D eigenvalue weighted by molar-refractivity contribution is 0.0906. The van der Waals surface area contributed by atoms with Crippen LogP contribution in [0, 0.1) is 13.8 Å². The summed E-state index contributed by atoms with van der Waals surface area (Å²) in [5.41, 5.74) is 3.19. The second-order valence-electron chi connectivity index (χ2n) is 4.78. The highest BCUT2D eigenvalue weighted by Gasteiger charge is 2.17. The molecule has 2 rings (SSSR count). The Kier molecular flexibility index (Phi) is 4.05. The Bertz CT molecular complexity index is 554. The maximum atomic E-state index is 12.1. The van der Waals surface area contributed by atoms with Crippen molar-refractivity contribution in [1.82, 2.24) is 5.32 Å². The van der Waals surface area contributed by atoms with Gasteiger partial charge in [0, 0.05) is 5.56 Å². The van der Waals surface area contributed by atoms with Crippen LogP contribution >= 0.6 is 0 Å². The summed E-state index contributed by atoms with van der Waals surface area (Å²) in [6, 6.07) is 10.0. The number of carbonyl (C=O) groups is 1. The molecule has 1 atom stereocenters. The molecule has 0 bridgehead atoms. The normalized spacial score (nSPS) is 12.2. The molecular formula is C16H19NO2. The highest BCUT2D eigenvalue weighted by atomic mass is 16.3. The van der Waals surface area contributed by atoms with Crippen molar-refractivity contribution >= 4 is 5.91 Å². The van der Waals surface area contributed by atoms with E-state index < -0.39 is 0 Å². The smallest absolute Gasteiger partial charge is 0.287 e. The summed E-state index contributed by atoms with van der Waals surface area (Å²) < 4.78 is 5.21. The first-order valence-electron chi connectivity index (χ1n) is 6.53. The van der Waals surface area contributed by atoms with Crippen LogP contribution in [0.5, 0.6) is 0 Å². The van der Waals surface area contributed by atoms with Crippen LogP contribution in [0.15, 0.2) is 41.0 Å². The predicted molar refractivity (Wildman–Crippen MR) is 75.1 cm³/mol. The quantitative estimate of drug-likeness (QED) is 0.905. The summed E-state index contributed by atoms with van der Waals surface area (Å²) in [4.78, 5) is 12.1. The molecule has 0 aliphatic heterocycles. The zero-order valence-corrected chi connectivity index (χ0v) is 11.6. The van der Waals surface area contributed by atoms with Crippen molar-refractivity contribution in [2.24, 2.45) is 0 Å². The van der Waals surface area contributed by atoms with Gasteiger partial charge in [0.25, 0.3) is 5.91 Å². The predicted octanol–water partition coefficient (Wildman–Crippen LogP) is 3.78. The first-order valence-corrected chi connectivity index (χ1v) is 6.53. The van der Waals surface area contributed by atoms with Gasteiger partial charge in [-0.05, 0) is 31.9 Å². The highest BCUT2D eigenvalue weighted by molar-refractivity contribution is 5.93. The fraction of sp³-hybridized carbons (Fsp3) is 0.312. The largest absolute Gasteiger partial charge is 0.459 e. The van der Waals surface area contributed by atoms with Gasteiger partial charge in [-0.25, -0.2) is 0 Å². The Hall–Kier alpha value is -2.03. The summed E-state index contributed by atoms with van der Waals surface area (Å²) in [5.74, 6) is 0.237. The second kappa shape index (κ2) is 5.74. The van der Waals surface area contributed by atoms with Crippen molar-refractivity contribution in [3.63, 3.8) is 0 Å². The maximum Gasteiger partial charge on any atom is 0.287 e. The molecule has 3 nitrogen and oxygen atoms in total. The van der Waals surface area contributed by atoms with Crippen LogP contribution in [0.2, 0.25) is 0 Å². The Balaban J connectivity index is 2.13. The van der Waals surface area contributed by atoms with Gasteiger partial charge in [-0.2, -0.15) is 0 Å². The van der Waals surface area contributed by atoms with Gasteiger partial charge >= 0.3 is 0 Å². The molecule has 1 N–H and O–H groups in total. The number of rotatable bonds is 4. The topological polar surface area (TPSA) is 42.2 Å². The molecule has 1 amide bonds. The van der Waals surface area contributed by atoms with Gasteiger partial charge in [-0.1, -0.05) is 36.8 Å². The van der Waals surface area contributed by atoms with Crippen LogP contribution < -0.4 is 5.32 Å². The zero-order valence-electron chi connectivity index (χ0n) is 11.6. The first kappa shape index (κ1) is 13.4. The van der Waals surface area contributed by atoms with E-state index in [2.05, 4.69) is 43.4 Å². The van der Waals surface area contributed by atoms with Crippen molar-refractivity contribution in [3.8, 4) is 0 Å². The average molecular weight is 257 g/mol. The van der Waals surface area contributed by atoms with Crippen molar-refractivity contribution in [3.05, 3.63) is 59.0 Å². The first-order chi connectivity index (χ1) is 9.11. The molecule has 0 aliphatic carbocycles. The van der Waals surface area contributed by atoms with E-state index in [4.69, 9.17) is 4.42 Å². The van der Waals surface area contributed by atoms with E-state index in [0.29, 0.717) is 5.76 Å². The molecule has 1 aromatic carbocycles. The van der Waals surface area contributed by atoms with Crippen LogP contribution in [0.3, 0.4) is 0 Å². The standard InChI is InChI=1S/C16H19NO2/c1-4-14(13-7-5-11(2)6-8-13)17-16(18)15-12(3)9-10-19-15/h5-10,14H,4H2,1-3H3,(H,17,18). The minimum atomic E-state index is -0.157. The van der Waals surface area contributed by atoms with Crippen molar-refractivity contribution in [1.29, 1.82) is 0 Å². The van der Waals surface area contributed by atoms with E-state index in [-0.39, 0.29) is 11.9 Å². The number of furan rings is 1. The summed E-state index contributed by atoms with van der Waals surface area (Å²) in [5, 5.41) is 3.01. The van der Waals surface area contributed by atoms with Gasteiger partial charge in [0.05, 0.1) is 12.3 Å². The maximum absolute atomic E-state index is 12.1. The Morgan fingerprint density at radius 2 is 1.89 bits per heavy atom. The molecule has 0 saturated carbocycles.